The summed E-state index contributed by atoms with van der Waals surface area (Å²) in [5.41, 5.74) is 0. The van der Waals surface area contributed by atoms with Crippen molar-refractivity contribution < 1.29 is 4.52 Å². The van der Waals surface area contributed by atoms with E-state index in [-0.39, 0.29) is 0 Å². The van der Waals surface area contributed by atoms with Gasteiger partial charge in [0.25, 0.3) is 0 Å². The second-order valence-electron chi connectivity index (χ2n) is 7.25. The van der Waals surface area contributed by atoms with Gasteiger partial charge in [-0.1, -0.05) is 25.9 Å². The van der Waals surface area contributed by atoms with Gasteiger partial charge in [0.15, 0.2) is 11.8 Å². The van der Waals surface area contributed by atoms with Crippen LogP contribution in [0.2, 0.25) is 0 Å². The monoisotopic (exact) mass is 350 g/mol. The summed E-state index contributed by atoms with van der Waals surface area (Å²) in [5, 5.41) is 10.7. The highest BCUT2D eigenvalue weighted by molar-refractivity contribution is 5.79. The minimum absolute atomic E-state index is 0.294. The largest absolute Gasteiger partial charge is 0.356 e. The lowest BCUT2D eigenvalue weighted by atomic mass is 9.99. The first-order valence-electron chi connectivity index (χ1n) is 9.57. The van der Waals surface area contributed by atoms with Crippen LogP contribution in [0.15, 0.2) is 9.52 Å². The Kier molecular flexibility index (Phi) is 8.18. The lowest BCUT2D eigenvalue weighted by molar-refractivity contribution is 0.191. The molecule has 1 saturated heterocycles. The maximum atomic E-state index is 5.25. The summed E-state index contributed by atoms with van der Waals surface area (Å²) in [5.74, 6) is 3.46. The third-order valence-electron chi connectivity index (χ3n) is 4.67. The van der Waals surface area contributed by atoms with Crippen molar-refractivity contribution in [1.29, 1.82) is 0 Å². The molecule has 1 aromatic rings. The molecule has 0 atom stereocenters. The van der Waals surface area contributed by atoms with E-state index in [1.165, 1.54) is 25.9 Å². The van der Waals surface area contributed by atoms with Crippen molar-refractivity contribution in [2.75, 3.05) is 39.8 Å². The SMILES string of the molecule is CN=C(NCCCN1CCC(C)CC1)NCCc1nc(C(C)C)no1. The van der Waals surface area contributed by atoms with Crippen LogP contribution in [-0.2, 0) is 6.42 Å². The van der Waals surface area contributed by atoms with Gasteiger partial charge in [-0.3, -0.25) is 4.99 Å². The van der Waals surface area contributed by atoms with Crippen molar-refractivity contribution >= 4 is 5.96 Å². The van der Waals surface area contributed by atoms with Crippen molar-refractivity contribution in [2.45, 2.75) is 52.4 Å². The van der Waals surface area contributed by atoms with Gasteiger partial charge in [-0.25, -0.2) is 0 Å². The zero-order chi connectivity index (χ0) is 18.1. The molecule has 1 aliphatic rings. The van der Waals surface area contributed by atoms with Crippen LogP contribution >= 0.6 is 0 Å². The van der Waals surface area contributed by atoms with Crippen LogP contribution < -0.4 is 10.6 Å². The van der Waals surface area contributed by atoms with Gasteiger partial charge in [0, 0.05) is 32.5 Å². The number of guanidine groups is 1. The van der Waals surface area contributed by atoms with Gasteiger partial charge < -0.3 is 20.1 Å². The number of nitrogens with one attached hydrogen (secondary N) is 2. The van der Waals surface area contributed by atoms with Gasteiger partial charge in [0.2, 0.25) is 5.89 Å². The minimum Gasteiger partial charge on any atom is -0.356 e. The Balaban J connectivity index is 1.57. The molecule has 7 heteroatoms. The Bertz CT molecular complexity index is 519. The number of hydrogen-bond acceptors (Lipinski definition) is 5. The third-order valence-corrected chi connectivity index (χ3v) is 4.67. The summed E-state index contributed by atoms with van der Waals surface area (Å²) < 4.78 is 5.25. The van der Waals surface area contributed by atoms with Crippen LogP contribution in [-0.4, -0.2) is 60.8 Å². The van der Waals surface area contributed by atoms with E-state index in [0.717, 1.165) is 43.8 Å². The summed E-state index contributed by atoms with van der Waals surface area (Å²) >= 11 is 0. The molecule has 0 amide bonds. The van der Waals surface area contributed by atoms with Gasteiger partial charge in [-0.15, -0.1) is 0 Å². The molecular formula is C18H34N6O. The Morgan fingerprint density at radius 1 is 1.28 bits per heavy atom. The van der Waals surface area contributed by atoms with Crippen LogP contribution in [0.3, 0.4) is 0 Å². The molecule has 2 rings (SSSR count). The van der Waals surface area contributed by atoms with Crippen LogP contribution in [0.5, 0.6) is 0 Å². The van der Waals surface area contributed by atoms with E-state index >= 15 is 0 Å². The molecule has 2 heterocycles. The van der Waals surface area contributed by atoms with Crippen molar-refractivity contribution in [2.24, 2.45) is 10.9 Å². The van der Waals surface area contributed by atoms with E-state index in [4.69, 9.17) is 4.52 Å². The highest BCUT2D eigenvalue weighted by Gasteiger charge is 2.14. The van der Waals surface area contributed by atoms with Crippen LogP contribution in [0.4, 0.5) is 0 Å². The molecule has 0 bridgehead atoms. The molecule has 7 nitrogen and oxygen atoms in total. The number of nitrogens with zero attached hydrogens (tertiary/aromatic N) is 4. The first-order chi connectivity index (χ1) is 12.1. The summed E-state index contributed by atoms with van der Waals surface area (Å²) in [6.45, 7) is 11.8. The third kappa shape index (κ3) is 7.02. The number of piperidine rings is 1. The number of aliphatic imine (C=N–C) groups is 1. The molecule has 0 aliphatic carbocycles. The molecule has 0 spiro atoms. The average molecular weight is 351 g/mol. The van der Waals surface area contributed by atoms with E-state index in [9.17, 15) is 0 Å². The molecule has 1 fully saturated rings. The highest BCUT2D eigenvalue weighted by Crippen LogP contribution is 2.15. The fourth-order valence-corrected chi connectivity index (χ4v) is 2.91. The quantitative estimate of drug-likeness (QED) is 0.424. The molecule has 25 heavy (non-hydrogen) atoms. The van der Waals surface area contributed by atoms with Gasteiger partial charge in [0.05, 0.1) is 0 Å². The Morgan fingerprint density at radius 2 is 2.00 bits per heavy atom. The van der Waals surface area contributed by atoms with Gasteiger partial charge in [0.1, 0.15) is 0 Å². The van der Waals surface area contributed by atoms with Crippen molar-refractivity contribution in [3.05, 3.63) is 11.7 Å². The maximum Gasteiger partial charge on any atom is 0.228 e. The molecule has 1 aromatic heterocycles. The first kappa shape index (κ1) is 19.7. The summed E-state index contributed by atoms with van der Waals surface area (Å²) in [4.78, 5) is 11.2. The molecule has 0 radical (unpaired) electrons. The van der Waals surface area contributed by atoms with E-state index in [0.29, 0.717) is 18.2 Å². The van der Waals surface area contributed by atoms with Crippen LogP contribution in [0.25, 0.3) is 0 Å². The molecule has 0 saturated carbocycles. The predicted octanol–water partition coefficient (Wildman–Crippen LogP) is 2.02. The standard InChI is InChI=1S/C18H34N6O/c1-14(2)17-22-16(25-23-17)6-10-21-18(19-4)20-9-5-11-24-12-7-15(3)8-13-24/h14-15H,5-13H2,1-4H3,(H2,19,20,21). The Labute approximate surface area is 151 Å². The fourth-order valence-electron chi connectivity index (χ4n) is 2.91. The number of likely N-dealkylation sites (tertiary alicyclic amines) is 1. The number of aromatic nitrogens is 2. The van der Waals surface area contributed by atoms with Crippen molar-refractivity contribution in [1.82, 2.24) is 25.7 Å². The zero-order valence-corrected chi connectivity index (χ0v) is 16.2. The van der Waals surface area contributed by atoms with Gasteiger partial charge in [-0.05, 0) is 44.8 Å². The molecular weight excluding hydrogens is 316 g/mol. The summed E-state index contributed by atoms with van der Waals surface area (Å²) in [6.07, 6.45) is 4.51. The molecule has 2 N–H and O–H groups in total. The van der Waals surface area contributed by atoms with E-state index < -0.39 is 0 Å². The smallest absolute Gasteiger partial charge is 0.228 e. The average Bonchev–Trinajstić information content (AvgIpc) is 3.08. The predicted molar refractivity (Wildman–Crippen MR) is 101 cm³/mol. The van der Waals surface area contributed by atoms with Crippen LogP contribution in [0.1, 0.15) is 57.7 Å². The number of hydrogen-bond donors (Lipinski definition) is 2. The Morgan fingerprint density at radius 3 is 2.64 bits per heavy atom. The fraction of sp³-hybridized carbons (Fsp3) is 0.833. The second-order valence-corrected chi connectivity index (χ2v) is 7.25. The van der Waals surface area contributed by atoms with Crippen molar-refractivity contribution in [3.63, 3.8) is 0 Å². The molecule has 0 aromatic carbocycles. The van der Waals surface area contributed by atoms with E-state index in [2.05, 4.69) is 51.4 Å². The van der Waals surface area contributed by atoms with E-state index in [1.54, 1.807) is 7.05 Å². The highest BCUT2D eigenvalue weighted by atomic mass is 16.5. The molecule has 1 aliphatic heterocycles. The normalized spacial score (nSPS) is 17.2. The molecule has 142 valence electrons. The topological polar surface area (TPSA) is 78.6 Å². The first-order valence-corrected chi connectivity index (χ1v) is 9.57. The van der Waals surface area contributed by atoms with Crippen molar-refractivity contribution in [3.8, 4) is 0 Å². The summed E-state index contributed by atoms with van der Waals surface area (Å²) in [6, 6.07) is 0. The molecule has 0 unspecified atom stereocenters. The second kappa shape index (κ2) is 10.4. The summed E-state index contributed by atoms with van der Waals surface area (Å²) in [7, 11) is 1.80. The Hall–Kier alpha value is -1.63. The van der Waals surface area contributed by atoms with Gasteiger partial charge >= 0.3 is 0 Å². The van der Waals surface area contributed by atoms with Gasteiger partial charge in [-0.2, -0.15) is 4.98 Å². The van der Waals surface area contributed by atoms with Crippen LogP contribution in [0, 0.1) is 5.92 Å². The lowest BCUT2D eigenvalue weighted by Gasteiger charge is -2.30. The maximum absolute atomic E-state index is 5.25. The number of rotatable bonds is 8. The zero-order valence-electron chi connectivity index (χ0n) is 16.2. The minimum atomic E-state index is 0.294. The lowest BCUT2D eigenvalue weighted by Crippen LogP contribution is -2.40. The van der Waals surface area contributed by atoms with E-state index in [1.807, 2.05) is 0 Å².